The summed E-state index contributed by atoms with van der Waals surface area (Å²) in [4.78, 5) is 23.3. The summed E-state index contributed by atoms with van der Waals surface area (Å²) in [6.45, 7) is 0. The van der Waals surface area contributed by atoms with Gasteiger partial charge < -0.3 is 9.47 Å². The number of carbonyl (C=O) groups is 2. The monoisotopic (exact) mass is 348 g/mol. The maximum Gasteiger partial charge on any atom is 0.411 e. The molecular formula is C20H16N2O4. The van der Waals surface area contributed by atoms with Crippen molar-refractivity contribution in [1.82, 2.24) is 0 Å². The highest BCUT2D eigenvalue weighted by molar-refractivity contribution is 6.28. The van der Waals surface area contributed by atoms with Gasteiger partial charge in [-0.3, -0.25) is 10.6 Å². The second-order valence-electron chi connectivity index (χ2n) is 5.88. The summed E-state index contributed by atoms with van der Waals surface area (Å²) in [5.74, 6) is 0. The minimum Gasteiger partial charge on any atom is -0.453 e. The first-order chi connectivity index (χ1) is 12.6. The third kappa shape index (κ3) is 2.43. The Morgan fingerprint density at radius 2 is 1.04 bits per heavy atom. The molecule has 0 spiro atoms. The number of benzene rings is 4. The van der Waals surface area contributed by atoms with E-state index in [0.717, 1.165) is 32.3 Å². The molecule has 6 heteroatoms. The molecule has 0 aliphatic carbocycles. The Kier molecular flexibility index (Phi) is 3.73. The van der Waals surface area contributed by atoms with Gasteiger partial charge in [0, 0.05) is 10.8 Å². The van der Waals surface area contributed by atoms with Crippen LogP contribution in [0.15, 0.2) is 48.5 Å². The van der Waals surface area contributed by atoms with Crippen LogP contribution in [0.2, 0.25) is 0 Å². The first-order valence-electron chi connectivity index (χ1n) is 8.03. The van der Waals surface area contributed by atoms with Gasteiger partial charge in [-0.2, -0.15) is 0 Å². The van der Waals surface area contributed by atoms with Crippen LogP contribution < -0.4 is 10.6 Å². The van der Waals surface area contributed by atoms with Gasteiger partial charge in [-0.25, -0.2) is 9.59 Å². The lowest BCUT2D eigenvalue weighted by Gasteiger charge is -2.16. The molecule has 0 saturated carbocycles. The number of nitrogens with one attached hydrogen (secondary N) is 2. The summed E-state index contributed by atoms with van der Waals surface area (Å²) < 4.78 is 9.42. The van der Waals surface area contributed by atoms with Crippen molar-refractivity contribution in [1.29, 1.82) is 0 Å². The van der Waals surface area contributed by atoms with Gasteiger partial charge in [0.25, 0.3) is 0 Å². The van der Waals surface area contributed by atoms with Crippen molar-refractivity contribution in [3.05, 3.63) is 48.5 Å². The maximum atomic E-state index is 11.7. The standard InChI is InChI=1S/C20H16N2O4/c1-25-19(23)21-15-9-5-11-3-4-12-6-10-16(22-20(24)26-2)14-8-7-13(15)17(11)18(12)14/h3-10H,1-2H3,(H,21,23)(H,22,24). The number of hydrogen-bond donors (Lipinski definition) is 2. The van der Waals surface area contributed by atoms with Crippen LogP contribution in [-0.4, -0.2) is 26.4 Å². The summed E-state index contributed by atoms with van der Waals surface area (Å²) in [7, 11) is 2.66. The van der Waals surface area contributed by atoms with E-state index in [4.69, 9.17) is 9.47 Å². The first kappa shape index (κ1) is 16.0. The number of ether oxygens (including phenoxy) is 2. The fourth-order valence-corrected chi connectivity index (χ4v) is 3.34. The number of carbonyl (C=O) groups excluding carboxylic acids is 2. The van der Waals surface area contributed by atoms with E-state index in [9.17, 15) is 9.59 Å². The summed E-state index contributed by atoms with van der Waals surface area (Å²) in [5, 5.41) is 11.4. The third-order valence-electron chi connectivity index (χ3n) is 4.51. The SMILES string of the molecule is COC(=O)Nc1ccc2ccc3ccc(NC(=O)OC)c4ccc1c2c34. The second-order valence-corrected chi connectivity index (χ2v) is 5.88. The Bertz CT molecular complexity index is 1060. The molecule has 0 aromatic heterocycles. The smallest absolute Gasteiger partial charge is 0.411 e. The fourth-order valence-electron chi connectivity index (χ4n) is 3.34. The second kappa shape index (κ2) is 6.07. The topological polar surface area (TPSA) is 76.7 Å². The summed E-state index contributed by atoms with van der Waals surface area (Å²) >= 11 is 0. The number of methoxy groups -OCH3 is 2. The molecule has 0 unspecified atom stereocenters. The number of hydrogen-bond acceptors (Lipinski definition) is 4. The Balaban J connectivity index is 2.02. The van der Waals surface area contributed by atoms with Crippen LogP contribution in [0.4, 0.5) is 21.0 Å². The zero-order valence-corrected chi connectivity index (χ0v) is 14.3. The van der Waals surface area contributed by atoms with Crippen molar-refractivity contribution in [2.75, 3.05) is 24.9 Å². The average Bonchev–Trinajstić information content (AvgIpc) is 2.68. The zero-order valence-electron chi connectivity index (χ0n) is 14.3. The predicted octanol–water partition coefficient (Wildman–Crippen LogP) is 4.94. The lowest BCUT2D eigenvalue weighted by atomic mass is 9.92. The molecule has 0 radical (unpaired) electrons. The maximum absolute atomic E-state index is 11.7. The van der Waals surface area contributed by atoms with E-state index in [1.165, 1.54) is 14.2 Å². The molecule has 6 nitrogen and oxygen atoms in total. The lowest BCUT2D eigenvalue weighted by Crippen LogP contribution is -2.12. The van der Waals surface area contributed by atoms with E-state index in [1.807, 2.05) is 48.5 Å². The van der Waals surface area contributed by atoms with Crippen LogP contribution in [0, 0.1) is 0 Å². The van der Waals surface area contributed by atoms with Gasteiger partial charge in [-0.15, -0.1) is 0 Å². The van der Waals surface area contributed by atoms with E-state index in [-0.39, 0.29) is 0 Å². The molecule has 4 aromatic carbocycles. The molecule has 130 valence electrons. The molecule has 2 N–H and O–H groups in total. The predicted molar refractivity (Wildman–Crippen MR) is 102 cm³/mol. The van der Waals surface area contributed by atoms with E-state index in [1.54, 1.807) is 0 Å². The van der Waals surface area contributed by atoms with Crippen LogP contribution in [0.3, 0.4) is 0 Å². The van der Waals surface area contributed by atoms with E-state index >= 15 is 0 Å². The quantitative estimate of drug-likeness (QED) is 0.503. The van der Waals surface area contributed by atoms with Crippen molar-refractivity contribution < 1.29 is 19.1 Å². The summed E-state index contributed by atoms with van der Waals surface area (Å²) in [6, 6.07) is 15.5. The highest BCUT2D eigenvalue weighted by Crippen LogP contribution is 2.40. The van der Waals surface area contributed by atoms with E-state index < -0.39 is 12.2 Å². The van der Waals surface area contributed by atoms with Crippen LogP contribution >= 0.6 is 0 Å². The van der Waals surface area contributed by atoms with Crippen molar-refractivity contribution in [3.63, 3.8) is 0 Å². The Morgan fingerprint density at radius 1 is 0.654 bits per heavy atom. The molecule has 0 saturated heterocycles. The number of anilines is 2. The molecule has 4 aromatic rings. The molecule has 0 aliphatic rings. The summed E-state index contributed by atoms with van der Waals surface area (Å²) in [6.07, 6.45) is -1.04. The average molecular weight is 348 g/mol. The highest BCUT2D eigenvalue weighted by atomic mass is 16.5. The van der Waals surface area contributed by atoms with E-state index in [0.29, 0.717) is 11.4 Å². The molecule has 2 amide bonds. The largest absolute Gasteiger partial charge is 0.453 e. The number of amides is 2. The van der Waals surface area contributed by atoms with Crippen molar-refractivity contribution in [3.8, 4) is 0 Å². The van der Waals surface area contributed by atoms with Crippen LogP contribution in [0.25, 0.3) is 32.3 Å². The molecule has 0 heterocycles. The molecule has 0 fully saturated rings. The Hall–Kier alpha value is -3.54. The molecule has 0 bridgehead atoms. The van der Waals surface area contributed by atoms with Gasteiger partial charge in [0.1, 0.15) is 0 Å². The van der Waals surface area contributed by atoms with Gasteiger partial charge in [0.15, 0.2) is 0 Å². The first-order valence-corrected chi connectivity index (χ1v) is 8.03. The molecule has 0 aliphatic heterocycles. The van der Waals surface area contributed by atoms with Gasteiger partial charge in [-0.1, -0.05) is 36.4 Å². The van der Waals surface area contributed by atoms with Gasteiger partial charge in [-0.05, 0) is 33.7 Å². The lowest BCUT2D eigenvalue weighted by molar-refractivity contribution is 0.186. The Morgan fingerprint density at radius 3 is 1.42 bits per heavy atom. The van der Waals surface area contributed by atoms with Gasteiger partial charge >= 0.3 is 12.2 Å². The fraction of sp³-hybridized carbons (Fsp3) is 0.100. The van der Waals surface area contributed by atoms with Gasteiger partial charge in [0.2, 0.25) is 0 Å². The third-order valence-corrected chi connectivity index (χ3v) is 4.51. The van der Waals surface area contributed by atoms with Crippen LogP contribution in [-0.2, 0) is 9.47 Å². The highest BCUT2D eigenvalue weighted by Gasteiger charge is 2.15. The normalized spacial score (nSPS) is 11.0. The molecule has 26 heavy (non-hydrogen) atoms. The van der Waals surface area contributed by atoms with Crippen molar-refractivity contribution >= 4 is 55.9 Å². The minimum absolute atomic E-state index is 0.520. The molecule has 0 atom stereocenters. The van der Waals surface area contributed by atoms with Crippen LogP contribution in [0.1, 0.15) is 0 Å². The van der Waals surface area contributed by atoms with Crippen molar-refractivity contribution in [2.24, 2.45) is 0 Å². The minimum atomic E-state index is -0.520. The van der Waals surface area contributed by atoms with E-state index in [2.05, 4.69) is 10.6 Å². The molecular weight excluding hydrogens is 332 g/mol. The van der Waals surface area contributed by atoms with Crippen molar-refractivity contribution in [2.45, 2.75) is 0 Å². The van der Waals surface area contributed by atoms with Crippen LogP contribution in [0.5, 0.6) is 0 Å². The summed E-state index contributed by atoms with van der Waals surface area (Å²) in [5.41, 5.74) is 1.34. The zero-order chi connectivity index (χ0) is 18.3. The van der Waals surface area contributed by atoms with Gasteiger partial charge in [0.05, 0.1) is 25.6 Å². The Labute approximate surface area is 149 Å². The number of rotatable bonds is 2. The molecule has 4 rings (SSSR count).